The summed E-state index contributed by atoms with van der Waals surface area (Å²) in [5.41, 5.74) is 4.33. The highest BCUT2D eigenvalue weighted by Crippen LogP contribution is 2.44. The minimum absolute atomic E-state index is 0.0865. The number of nitrogens with one attached hydrogen (secondary N) is 2. The van der Waals surface area contributed by atoms with Crippen LogP contribution in [0, 0.1) is 5.92 Å². The van der Waals surface area contributed by atoms with Crippen molar-refractivity contribution in [3.05, 3.63) is 59.7 Å². The monoisotopic (exact) mass is 482 g/mol. The van der Waals surface area contributed by atoms with Crippen molar-refractivity contribution in [2.45, 2.75) is 44.7 Å². The summed E-state index contributed by atoms with van der Waals surface area (Å²) in [6.45, 7) is 3.53. The predicted molar refractivity (Wildman–Crippen MR) is 128 cm³/mol. The molecule has 0 radical (unpaired) electrons. The Balaban J connectivity index is 1.63. The second-order valence-corrected chi connectivity index (χ2v) is 8.71. The summed E-state index contributed by atoms with van der Waals surface area (Å²) in [5.74, 6) is -3.01. The zero-order valence-electron chi connectivity index (χ0n) is 19.9. The molecule has 2 amide bonds. The molecule has 35 heavy (non-hydrogen) atoms. The number of carboxylic acids is 1. The van der Waals surface area contributed by atoms with Crippen molar-refractivity contribution in [2.75, 3.05) is 13.7 Å². The van der Waals surface area contributed by atoms with Crippen LogP contribution >= 0.6 is 0 Å². The maximum Gasteiger partial charge on any atom is 0.407 e. The van der Waals surface area contributed by atoms with Gasteiger partial charge in [0.1, 0.15) is 18.7 Å². The molecule has 1 aliphatic rings. The van der Waals surface area contributed by atoms with Gasteiger partial charge in [0.05, 0.1) is 7.11 Å². The summed E-state index contributed by atoms with van der Waals surface area (Å²) in [6.07, 6.45) is -1.08. The minimum Gasteiger partial charge on any atom is -0.480 e. The number of ether oxygens (including phenoxy) is 2. The van der Waals surface area contributed by atoms with Gasteiger partial charge in [-0.3, -0.25) is 9.59 Å². The first-order chi connectivity index (χ1) is 16.7. The van der Waals surface area contributed by atoms with Gasteiger partial charge >= 0.3 is 18.0 Å². The van der Waals surface area contributed by atoms with Gasteiger partial charge in [-0.25, -0.2) is 9.59 Å². The third-order valence-corrected chi connectivity index (χ3v) is 6.05. The van der Waals surface area contributed by atoms with Crippen LogP contribution in [0.2, 0.25) is 0 Å². The minimum atomic E-state index is -1.30. The molecular formula is C26H30N2O7. The average molecular weight is 483 g/mol. The Morgan fingerprint density at radius 1 is 0.943 bits per heavy atom. The van der Waals surface area contributed by atoms with Crippen molar-refractivity contribution in [2.24, 2.45) is 5.92 Å². The maximum absolute atomic E-state index is 12.8. The number of methoxy groups -OCH3 is 1. The van der Waals surface area contributed by atoms with E-state index in [1.807, 2.05) is 48.5 Å². The van der Waals surface area contributed by atoms with Crippen molar-refractivity contribution < 1.29 is 33.8 Å². The summed E-state index contributed by atoms with van der Waals surface area (Å²) in [5, 5.41) is 14.3. The molecule has 0 fully saturated rings. The predicted octanol–water partition coefficient (Wildman–Crippen LogP) is 3.07. The summed E-state index contributed by atoms with van der Waals surface area (Å²) < 4.78 is 10.0. The molecule has 9 nitrogen and oxygen atoms in total. The zero-order valence-corrected chi connectivity index (χ0v) is 19.9. The van der Waals surface area contributed by atoms with Crippen molar-refractivity contribution >= 4 is 23.9 Å². The fourth-order valence-electron chi connectivity index (χ4n) is 4.19. The van der Waals surface area contributed by atoms with Gasteiger partial charge in [-0.2, -0.15) is 0 Å². The molecule has 0 spiro atoms. The number of hydrogen-bond donors (Lipinski definition) is 3. The number of fused-ring (bicyclic) bond motifs is 3. The summed E-state index contributed by atoms with van der Waals surface area (Å²) in [7, 11) is 1.20. The van der Waals surface area contributed by atoms with Crippen LogP contribution < -0.4 is 10.6 Å². The third kappa shape index (κ3) is 6.17. The molecule has 0 unspecified atom stereocenters. The second-order valence-electron chi connectivity index (χ2n) is 8.71. The topological polar surface area (TPSA) is 131 Å². The zero-order chi connectivity index (χ0) is 25.5. The second kappa shape index (κ2) is 11.5. The van der Waals surface area contributed by atoms with Gasteiger partial charge in [-0.1, -0.05) is 62.4 Å². The number of rotatable bonds is 10. The van der Waals surface area contributed by atoms with Crippen molar-refractivity contribution in [3.63, 3.8) is 0 Å². The highest BCUT2D eigenvalue weighted by molar-refractivity contribution is 5.89. The molecule has 2 atom stereocenters. The molecule has 186 valence electrons. The van der Waals surface area contributed by atoms with Gasteiger partial charge in [0.25, 0.3) is 0 Å². The molecule has 3 rings (SSSR count). The van der Waals surface area contributed by atoms with E-state index in [1.54, 1.807) is 13.8 Å². The molecular weight excluding hydrogens is 452 g/mol. The van der Waals surface area contributed by atoms with E-state index in [0.29, 0.717) is 0 Å². The summed E-state index contributed by atoms with van der Waals surface area (Å²) >= 11 is 0. The Morgan fingerprint density at radius 3 is 2.03 bits per heavy atom. The molecule has 0 saturated heterocycles. The fraction of sp³-hybridized carbons (Fsp3) is 0.385. The highest BCUT2D eigenvalue weighted by Gasteiger charge is 2.32. The normalized spacial score (nSPS) is 13.8. The van der Waals surface area contributed by atoms with E-state index >= 15 is 0 Å². The quantitative estimate of drug-likeness (QED) is 0.444. The Bertz CT molecular complexity index is 1050. The number of carbonyl (C=O) groups is 4. The van der Waals surface area contributed by atoms with Gasteiger partial charge < -0.3 is 25.2 Å². The Hall–Kier alpha value is -3.88. The molecule has 1 aliphatic carbocycles. The molecule has 3 N–H and O–H groups in total. The molecule has 9 heteroatoms. The number of carbonyl (C=O) groups excluding carboxylic acids is 3. The SMILES string of the molecule is COC(=O)CC[C@@H](NC(=O)[C@H](NC(=O)OCC1c2ccccc2-c2ccccc21)C(C)C)C(=O)O. The average Bonchev–Trinajstić information content (AvgIpc) is 3.16. The van der Waals surface area contributed by atoms with E-state index in [4.69, 9.17) is 4.74 Å². The van der Waals surface area contributed by atoms with Crippen LogP contribution in [0.1, 0.15) is 43.7 Å². The smallest absolute Gasteiger partial charge is 0.407 e. The molecule has 0 saturated carbocycles. The van der Waals surface area contributed by atoms with Crippen LogP contribution in [0.25, 0.3) is 11.1 Å². The largest absolute Gasteiger partial charge is 0.480 e. The van der Waals surface area contributed by atoms with Crippen LogP contribution in [0.15, 0.2) is 48.5 Å². The Kier molecular flexibility index (Phi) is 8.46. The van der Waals surface area contributed by atoms with Gasteiger partial charge in [0, 0.05) is 12.3 Å². The molecule has 0 aromatic heterocycles. The van der Waals surface area contributed by atoms with E-state index in [-0.39, 0.29) is 31.3 Å². The number of carboxylic acid groups (broad SMARTS) is 1. The van der Waals surface area contributed by atoms with Crippen molar-refractivity contribution in [3.8, 4) is 11.1 Å². The van der Waals surface area contributed by atoms with E-state index in [0.717, 1.165) is 22.3 Å². The lowest BCUT2D eigenvalue weighted by Crippen LogP contribution is -2.53. The first-order valence-electron chi connectivity index (χ1n) is 11.4. The third-order valence-electron chi connectivity index (χ3n) is 6.05. The van der Waals surface area contributed by atoms with Crippen LogP contribution in [0.5, 0.6) is 0 Å². The first kappa shape index (κ1) is 25.7. The number of esters is 1. The van der Waals surface area contributed by atoms with Gasteiger partial charge in [0.2, 0.25) is 5.91 Å². The van der Waals surface area contributed by atoms with E-state index in [2.05, 4.69) is 15.4 Å². The lowest BCUT2D eigenvalue weighted by atomic mass is 9.98. The summed E-state index contributed by atoms with van der Waals surface area (Å²) in [6, 6.07) is 13.6. The van der Waals surface area contributed by atoms with Crippen LogP contribution in [-0.4, -0.2) is 54.8 Å². The van der Waals surface area contributed by atoms with E-state index in [1.165, 1.54) is 7.11 Å². The first-order valence-corrected chi connectivity index (χ1v) is 11.4. The maximum atomic E-state index is 12.8. The number of aliphatic carboxylic acids is 1. The van der Waals surface area contributed by atoms with Gasteiger partial charge in [0.15, 0.2) is 0 Å². The standard InChI is InChI=1S/C26H30N2O7/c1-15(2)23(24(30)27-21(25(31)32)12-13-22(29)34-3)28-26(33)35-14-20-18-10-6-4-8-16(18)17-9-5-7-11-19(17)20/h4-11,15,20-21,23H,12-14H2,1-3H3,(H,27,30)(H,28,33)(H,31,32)/t21-,23-/m1/s1. The number of alkyl carbamates (subject to hydrolysis) is 1. The molecule has 2 aromatic carbocycles. The van der Waals surface area contributed by atoms with Crippen LogP contribution in [0.4, 0.5) is 4.79 Å². The fourth-order valence-corrected chi connectivity index (χ4v) is 4.19. The lowest BCUT2D eigenvalue weighted by Gasteiger charge is -2.24. The molecule has 0 aliphatic heterocycles. The van der Waals surface area contributed by atoms with Crippen LogP contribution in [0.3, 0.4) is 0 Å². The van der Waals surface area contributed by atoms with Gasteiger partial charge in [-0.05, 0) is 34.6 Å². The lowest BCUT2D eigenvalue weighted by molar-refractivity contribution is -0.144. The molecule has 0 heterocycles. The van der Waals surface area contributed by atoms with E-state index in [9.17, 15) is 24.3 Å². The number of benzene rings is 2. The number of amides is 2. The number of hydrogen-bond acceptors (Lipinski definition) is 6. The summed E-state index contributed by atoms with van der Waals surface area (Å²) in [4.78, 5) is 48.3. The highest BCUT2D eigenvalue weighted by atomic mass is 16.5. The Labute approximate surface area is 203 Å². The van der Waals surface area contributed by atoms with Crippen molar-refractivity contribution in [1.82, 2.24) is 10.6 Å². The van der Waals surface area contributed by atoms with Gasteiger partial charge in [-0.15, -0.1) is 0 Å². The molecule has 2 aromatic rings. The molecule has 0 bridgehead atoms. The van der Waals surface area contributed by atoms with Crippen LogP contribution in [-0.2, 0) is 23.9 Å². The Morgan fingerprint density at radius 2 is 1.51 bits per heavy atom. The van der Waals surface area contributed by atoms with Crippen molar-refractivity contribution in [1.29, 1.82) is 0 Å². The van der Waals surface area contributed by atoms with E-state index < -0.39 is 36.0 Å².